The van der Waals surface area contributed by atoms with Crippen molar-refractivity contribution in [1.82, 2.24) is 14.9 Å². The van der Waals surface area contributed by atoms with Crippen molar-refractivity contribution in [3.05, 3.63) is 83.4 Å². The number of nitrogens with one attached hydrogen (secondary N) is 2. The normalized spacial score (nSPS) is 16.9. The first-order chi connectivity index (χ1) is 22.3. The minimum absolute atomic E-state index is 0.154. The molecule has 0 spiro atoms. The monoisotopic (exact) mass is 680 g/mol. The zero-order valence-electron chi connectivity index (χ0n) is 28.3. The molecule has 1 aliphatic heterocycles. The number of carbonyl (C=O) groups is 2. The average Bonchev–Trinajstić information content (AvgIpc) is 3.47. The number of rotatable bonds is 13. The average molecular weight is 681 g/mol. The molecular formula is C35H48N4O6SSi. The maximum Gasteiger partial charge on any atom is 0.407 e. The van der Waals surface area contributed by atoms with E-state index in [2.05, 4.69) is 84.9 Å². The van der Waals surface area contributed by atoms with Gasteiger partial charge in [-0.15, -0.1) is 11.8 Å². The standard InChI is InChI=1S/C35H48N4O6SSi/c1-34(2,3)45-33(42)36-22-15-9-14-20-29(40)37-28-21-23-39(32(41)38-28)30-25-46-31(44-30)24-43-47(35(4,5)6,26-16-10-7-11-17-26)27-18-12-8-13-19-27/h7-8,10-13,16-19,21,23,30-31H,9,14-15,20,22,24-25H2,1-6H3,(H,36,42)(H,37,38,40,41)/t30-,31+/m1/s1. The molecule has 4 rings (SSSR count). The molecule has 1 fully saturated rings. The number of thioether (sulfide) groups is 1. The lowest BCUT2D eigenvalue weighted by molar-refractivity contribution is -0.116. The molecule has 1 aromatic heterocycles. The molecule has 0 bridgehead atoms. The molecule has 0 unspecified atom stereocenters. The number of carbonyl (C=O) groups excluding carboxylic acids is 2. The Hall–Kier alpha value is -3.45. The Morgan fingerprint density at radius 3 is 2.17 bits per heavy atom. The van der Waals surface area contributed by atoms with E-state index in [0.29, 0.717) is 25.3 Å². The van der Waals surface area contributed by atoms with E-state index in [1.807, 2.05) is 32.9 Å². The Morgan fingerprint density at radius 1 is 0.957 bits per heavy atom. The third-order valence-corrected chi connectivity index (χ3v) is 13.8. The van der Waals surface area contributed by atoms with Crippen LogP contribution in [0.3, 0.4) is 0 Å². The molecule has 10 nitrogen and oxygen atoms in total. The van der Waals surface area contributed by atoms with Gasteiger partial charge in [0.25, 0.3) is 8.32 Å². The van der Waals surface area contributed by atoms with Crippen LogP contribution in [0, 0.1) is 0 Å². The molecule has 1 saturated heterocycles. The summed E-state index contributed by atoms with van der Waals surface area (Å²) in [5.74, 6) is 0.563. The highest BCUT2D eigenvalue weighted by Crippen LogP contribution is 2.38. The minimum atomic E-state index is -2.72. The molecule has 254 valence electrons. The Bertz CT molecular complexity index is 1490. The van der Waals surface area contributed by atoms with Crippen LogP contribution in [-0.4, -0.2) is 59.8 Å². The van der Waals surface area contributed by atoms with E-state index >= 15 is 0 Å². The van der Waals surface area contributed by atoms with Gasteiger partial charge in [0.2, 0.25) is 5.91 Å². The summed E-state index contributed by atoms with van der Waals surface area (Å²) < 4.78 is 20.0. The van der Waals surface area contributed by atoms with Crippen LogP contribution in [0.4, 0.5) is 10.6 Å². The molecule has 2 N–H and O–H groups in total. The lowest BCUT2D eigenvalue weighted by Crippen LogP contribution is -2.67. The Labute approximate surface area is 283 Å². The van der Waals surface area contributed by atoms with Crippen molar-refractivity contribution in [3.63, 3.8) is 0 Å². The van der Waals surface area contributed by atoms with Crippen LogP contribution in [0.15, 0.2) is 77.7 Å². The van der Waals surface area contributed by atoms with E-state index in [1.54, 1.807) is 24.0 Å². The maximum absolute atomic E-state index is 13.0. The zero-order chi connectivity index (χ0) is 34.1. The zero-order valence-corrected chi connectivity index (χ0v) is 30.1. The first-order valence-electron chi connectivity index (χ1n) is 16.2. The van der Waals surface area contributed by atoms with Crippen molar-refractivity contribution in [2.45, 2.75) is 89.5 Å². The molecule has 1 aliphatic rings. The number of nitrogens with zero attached hydrogens (tertiary/aromatic N) is 2. The lowest BCUT2D eigenvalue weighted by atomic mass is 10.2. The predicted molar refractivity (Wildman–Crippen MR) is 190 cm³/mol. The number of alkyl carbamates (subject to hydrolysis) is 1. The fourth-order valence-corrected chi connectivity index (χ4v) is 11.3. The minimum Gasteiger partial charge on any atom is -0.444 e. The molecule has 0 radical (unpaired) electrons. The van der Waals surface area contributed by atoms with E-state index in [4.69, 9.17) is 13.9 Å². The first-order valence-corrected chi connectivity index (χ1v) is 19.1. The summed E-state index contributed by atoms with van der Waals surface area (Å²) in [4.78, 5) is 41.2. The highest BCUT2D eigenvalue weighted by molar-refractivity contribution is 8.00. The summed E-state index contributed by atoms with van der Waals surface area (Å²) in [6.07, 6.45) is 3.09. The first kappa shape index (κ1) is 36.4. The number of benzene rings is 2. The summed E-state index contributed by atoms with van der Waals surface area (Å²) in [5.41, 5.74) is -1.29. The third kappa shape index (κ3) is 10.0. The summed E-state index contributed by atoms with van der Waals surface area (Å²) in [6.45, 7) is 13.0. The van der Waals surface area contributed by atoms with Crippen molar-refractivity contribution >= 4 is 48.3 Å². The Balaban J connectivity index is 1.29. The number of unbranched alkanes of at least 4 members (excludes halogenated alkanes) is 2. The lowest BCUT2D eigenvalue weighted by Gasteiger charge is -2.43. The number of aromatic nitrogens is 2. The second kappa shape index (κ2) is 16.1. The van der Waals surface area contributed by atoms with Gasteiger partial charge in [-0.3, -0.25) is 9.36 Å². The van der Waals surface area contributed by atoms with Crippen molar-refractivity contribution < 1.29 is 23.5 Å². The number of hydrogen-bond donors (Lipinski definition) is 2. The van der Waals surface area contributed by atoms with E-state index in [-0.39, 0.29) is 28.6 Å². The smallest absolute Gasteiger partial charge is 0.407 e. The van der Waals surface area contributed by atoms with E-state index in [9.17, 15) is 14.4 Å². The number of hydrogen-bond acceptors (Lipinski definition) is 8. The van der Waals surface area contributed by atoms with Crippen molar-refractivity contribution in [3.8, 4) is 0 Å². The molecule has 0 aliphatic carbocycles. The van der Waals surface area contributed by atoms with Crippen LogP contribution < -0.4 is 26.7 Å². The molecule has 12 heteroatoms. The van der Waals surface area contributed by atoms with Gasteiger partial charge in [-0.2, -0.15) is 4.98 Å². The van der Waals surface area contributed by atoms with Crippen LogP contribution in [0.25, 0.3) is 0 Å². The van der Waals surface area contributed by atoms with Gasteiger partial charge >= 0.3 is 11.8 Å². The van der Waals surface area contributed by atoms with Crippen molar-refractivity contribution in [1.29, 1.82) is 0 Å². The van der Waals surface area contributed by atoms with Gasteiger partial charge in [0.15, 0.2) is 0 Å². The summed E-state index contributed by atoms with van der Waals surface area (Å²) in [7, 11) is -2.72. The topological polar surface area (TPSA) is 121 Å². The van der Waals surface area contributed by atoms with Gasteiger partial charge in [-0.05, 0) is 55.1 Å². The van der Waals surface area contributed by atoms with Crippen LogP contribution in [0.2, 0.25) is 5.04 Å². The second-order valence-corrected chi connectivity index (χ2v) is 19.1. The van der Waals surface area contributed by atoms with Gasteiger partial charge in [0.05, 0.1) is 6.61 Å². The van der Waals surface area contributed by atoms with Crippen LogP contribution in [0.1, 0.15) is 73.5 Å². The van der Waals surface area contributed by atoms with E-state index < -0.39 is 31.9 Å². The van der Waals surface area contributed by atoms with Crippen molar-refractivity contribution in [2.75, 3.05) is 24.2 Å². The number of anilines is 1. The van der Waals surface area contributed by atoms with Gasteiger partial charge in [-0.1, -0.05) is 87.9 Å². The van der Waals surface area contributed by atoms with E-state index in [0.717, 1.165) is 12.8 Å². The molecule has 47 heavy (non-hydrogen) atoms. The largest absolute Gasteiger partial charge is 0.444 e. The summed E-state index contributed by atoms with van der Waals surface area (Å²) in [6, 6.07) is 22.6. The maximum atomic E-state index is 13.0. The highest BCUT2D eigenvalue weighted by Gasteiger charge is 2.50. The molecule has 3 aromatic rings. The molecular weight excluding hydrogens is 633 g/mol. The summed E-state index contributed by atoms with van der Waals surface area (Å²) >= 11 is 1.62. The van der Waals surface area contributed by atoms with Gasteiger partial charge in [0.1, 0.15) is 23.1 Å². The van der Waals surface area contributed by atoms with Crippen LogP contribution >= 0.6 is 11.8 Å². The molecule has 2 atom stereocenters. The van der Waals surface area contributed by atoms with Gasteiger partial charge in [-0.25, -0.2) is 9.59 Å². The highest BCUT2D eigenvalue weighted by atomic mass is 32.2. The van der Waals surface area contributed by atoms with Crippen LogP contribution in [-0.2, 0) is 18.7 Å². The molecule has 0 saturated carbocycles. The third-order valence-electron chi connectivity index (χ3n) is 7.74. The molecule has 2 aromatic carbocycles. The predicted octanol–water partition coefficient (Wildman–Crippen LogP) is 5.43. The number of ether oxygens (including phenoxy) is 2. The Morgan fingerprint density at radius 2 is 1.60 bits per heavy atom. The molecule has 2 heterocycles. The van der Waals surface area contributed by atoms with Crippen molar-refractivity contribution in [2.24, 2.45) is 0 Å². The quantitative estimate of drug-likeness (QED) is 0.181. The fourth-order valence-electron chi connectivity index (χ4n) is 5.63. The number of amides is 2. The SMILES string of the molecule is CC(C)(C)OC(=O)NCCCCCC(=O)Nc1ccn([C@H]2CS[C@@H](CO[Si](c3ccccc3)(c3ccccc3)C(C)(C)C)O2)c(=O)n1. The second-order valence-electron chi connectivity index (χ2n) is 13.6. The van der Waals surface area contributed by atoms with Gasteiger partial charge in [0, 0.05) is 24.9 Å². The summed E-state index contributed by atoms with van der Waals surface area (Å²) in [5, 5.41) is 7.67. The van der Waals surface area contributed by atoms with Crippen LogP contribution in [0.5, 0.6) is 0 Å². The van der Waals surface area contributed by atoms with E-state index in [1.165, 1.54) is 14.9 Å². The molecule has 2 amide bonds. The Kier molecular flexibility index (Phi) is 12.5. The fraction of sp³-hybridized carbons (Fsp3) is 0.486. The van der Waals surface area contributed by atoms with Gasteiger partial charge < -0.3 is 24.5 Å².